The number of rotatable bonds is 1. The number of anilines is 1. The SMILES string of the molecule is Cc1cc(N2CCNC(C)(C)CC2)ccc1Br. The molecule has 3 heteroatoms. The molecule has 0 aliphatic carbocycles. The molecular formula is C14H21BrN2. The fraction of sp³-hybridized carbons (Fsp3) is 0.571. The molecule has 1 aromatic rings. The summed E-state index contributed by atoms with van der Waals surface area (Å²) in [7, 11) is 0. The Labute approximate surface area is 113 Å². The van der Waals surface area contributed by atoms with Crippen molar-refractivity contribution >= 4 is 21.6 Å². The van der Waals surface area contributed by atoms with E-state index in [1.54, 1.807) is 0 Å². The van der Waals surface area contributed by atoms with E-state index in [1.165, 1.54) is 22.1 Å². The molecular weight excluding hydrogens is 276 g/mol. The third-order valence-corrected chi connectivity index (χ3v) is 4.39. The molecule has 1 aliphatic heterocycles. The molecule has 1 saturated heterocycles. The van der Waals surface area contributed by atoms with Crippen LogP contribution in [0.5, 0.6) is 0 Å². The van der Waals surface area contributed by atoms with Crippen molar-refractivity contribution in [3.63, 3.8) is 0 Å². The topological polar surface area (TPSA) is 15.3 Å². The lowest BCUT2D eigenvalue weighted by atomic mass is 10.0. The summed E-state index contributed by atoms with van der Waals surface area (Å²) in [5.74, 6) is 0. The zero-order chi connectivity index (χ0) is 12.5. The Balaban J connectivity index is 2.14. The molecule has 1 N–H and O–H groups in total. The van der Waals surface area contributed by atoms with Crippen LogP contribution in [0.2, 0.25) is 0 Å². The molecule has 2 rings (SSSR count). The standard InChI is InChI=1S/C14H21BrN2/c1-11-10-12(4-5-13(11)15)17-8-6-14(2,3)16-7-9-17/h4-5,10,16H,6-9H2,1-3H3. The number of hydrogen-bond donors (Lipinski definition) is 1. The highest BCUT2D eigenvalue weighted by Crippen LogP contribution is 2.24. The van der Waals surface area contributed by atoms with Crippen LogP contribution in [0.4, 0.5) is 5.69 Å². The van der Waals surface area contributed by atoms with Crippen LogP contribution in [0.1, 0.15) is 25.8 Å². The number of aryl methyl sites for hydroxylation is 1. The number of nitrogens with zero attached hydrogens (tertiary/aromatic N) is 1. The van der Waals surface area contributed by atoms with Crippen LogP contribution < -0.4 is 10.2 Å². The predicted molar refractivity (Wildman–Crippen MR) is 77.8 cm³/mol. The van der Waals surface area contributed by atoms with Gasteiger partial charge in [-0.3, -0.25) is 0 Å². The van der Waals surface area contributed by atoms with E-state index in [4.69, 9.17) is 0 Å². The van der Waals surface area contributed by atoms with Crippen LogP contribution in [-0.4, -0.2) is 25.2 Å². The van der Waals surface area contributed by atoms with Gasteiger partial charge in [0.2, 0.25) is 0 Å². The lowest BCUT2D eigenvalue weighted by molar-refractivity contribution is 0.394. The number of halogens is 1. The van der Waals surface area contributed by atoms with Gasteiger partial charge >= 0.3 is 0 Å². The van der Waals surface area contributed by atoms with Gasteiger partial charge in [-0.1, -0.05) is 15.9 Å². The smallest absolute Gasteiger partial charge is 0.0370 e. The van der Waals surface area contributed by atoms with Gasteiger partial charge in [0.05, 0.1) is 0 Å². The first kappa shape index (κ1) is 12.9. The van der Waals surface area contributed by atoms with Crippen molar-refractivity contribution < 1.29 is 0 Å². The van der Waals surface area contributed by atoms with Gasteiger partial charge in [0.1, 0.15) is 0 Å². The maximum Gasteiger partial charge on any atom is 0.0370 e. The highest BCUT2D eigenvalue weighted by Gasteiger charge is 2.22. The minimum atomic E-state index is 0.263. The van der Waals surface area contributed by atoms with Gasteiger partial charge in [-0.05, 0) is 51.0 Å². The molecule has 0 unspecified atom stereocenters. The fourth-order valence-electron chi connectivity index (χ4n) is 2.23. The minimum Gasteiger partial charge on any atom is -0.370 e. The van der Waals surface area contributed by atoms with Crippen molar-refractivity contribution in [3.05, 3.63) is 28.2 Å². The molecule has 0 aromatic heterocycles. The van der Waals surface area contributed by atoms with Crippen LogP contribution in [0.15, 0.2) is 22.7 Å². The van der Waals surface area contributed by atoms with Crippen molar-refractivity contribution in [1.82, 2.24) is 5.32 Å². The van der Waals surface area contributed by atoms with Crippen molar-refractivity contribution in [2.45, 2.75) is 32.7 Å². The fourth-order valence-corrected chi connectivity index (χ4v) is 2.47. The van der Waals surface area contributed by atoms with Crippen LogP contribution in [0, 0.1) is 6.92 Å². The molecule has 1 heterocycles. The van der Waals surface area contributed by atoms with Gasteiger partial charge in [-0.2, -0.15) is 0 Å². The highest BCUT2D eigenvalue weighted by molar-refractivity contribution is 9.10. The van der Waals surface area contributed by atoms with Crippen LogP contribution in [0.25, 0.3) is 0 Å². The molecule has 2 nitrogen and oxygen atoms in total. The second kappa shape index (κ2) is 4.99. The second-order valence-electron chi connectivity index (χ2n) is 5.48. The number of nitrogens with one attached hydrogen (secondary N) is 1. The summed E-state index contributed by atoms with van der Waals surface area (Å²) >= 11 is 3.56. The van der Waals surface area contributed by atoms with Gasteiger partial charge < -0.3 is 10.2 Å². The van der Waals surface area contributed by atoms with E-state index in [0.29, 0.717) is 0 Å². The maximum atomic E-state index is 3.60. The predicted octanol–water partition coefficient (Wildman–Crippen LogP) is 3.34. The van der Waals surface area contributed by atoms with Gasteiger partial charge in [0.25, 0.3) is 0 Å². The van der Waals surface area contributed by atoms with E-state index in [1.807, 2.05) is 0 Å². The monoisotopic (exact) mass is 296 g/mol. The van der Waals surface area contributed by atoms with Crippen LogP contribution in [-0.2, 0) is 0 Å². The number of hydrogen-bond acceptors (Lipinski definition) is 2. The van der Waals surface area contributed by atoms with E-state index < -0.39 is 0 Å². The summed E-state index contributed by atoms with van der Waals surface area (Å²) in [5.41, 5.74) is 2.91. The Hall–Kier alpha value is -0.540. The van der Waals surface area contributed by atoms with Crippen molar-refractivity contribution in [3.8, 4) is 0 Å². The zero-order valence-electron chi connectivity index (χ0n) is 10.9. The first-order chi connectivity index (χ1) is 7.98. The van der Waals surface area contributed by atoms with Crippen LogP contribution in [0.3, 0.4) is 0 Å². The Bertz CT molecular complexity index is 401. The molecule has 0 bridgehead atoms. The maximum absolute atomic E-state index is 3.60. The summed E-state index contributed by atoms with van der Waals surface area (Å²) in [6.45, 7) is 9.98. The van der Waals surface area contributed by atoms with Gasteiger partial charge in [-0.15, -0.1) is 0 Å². The van der Waals surface area contributed by atoms with E-state index in [-0.39, 0.29) is 5.54 Å². The summed E-state index contributed by atoms with van der Waals surface area (Å²) in [4.78, 5) is 2.47. The summed E-state index contributed by atoms with van der Waals surface area (Å²) in [6.07, 6.45) is 1.18. The number of benzene rings is 1. The third kappa shape index (κ3) is 3.23. The average Bonchev–Trinajstić information content (AvgIpc) is 2.44. The Morgan fingerprint density at radius 1 is 1.29 bits per heavy atom. The highest BCUT2D eigenvalue weighted by atomic mass is 79.9. The van der Waals surface area contributed by atoms with Crippen LogP contribution >= 0.6 is 15.9 Å². The Kier molecular flexibility index (Phi) is 3.79. The first-order valence-electron chi connectivity index (χ1n) is 6.24. The third-order valence-electron chi connectivity index (χ3n) is 3.50. The van der Waals surface area contributed by atoms with Crippen molar-refractivity contribution in [2.24, 2.45) is 0 Å². The molecule has 0 amide bonds. The first-order valence-corrected chi connectivity index (χ1v) is 7.03. The van der Waals surface area contributed by atoms with Crippen molar-refractivity contribution in [2.75, 3.05) is 24.5 Å². The largest absolute Gasteiger partial charge is 0.370 e. The van der Waals surface area contributed by atoms with E-state index in [9.17, 15) is 0 Å². The molecule has 17 heavy (non-hydrogen) atoms. The summed E-state index contributed by atoms with van der Waals surface area (Å²) < 4.78 is 1.19. The molecule has 1 aliphatic rings. The molecule has 0 saturated carbocycles. The quantitative estimate of drug-likeness (QED) is 0.855. The molecule has 1 aromatic carbocycles. The molecule has 1 fully saturated rings. The molecule has 0 spiro atoms. The average molecular weight is 297 g/mol. The minimum absolute atomic E-state index is 0.263. The normalized spacial score (nSPS) is 20.1. The zero-order valence-corrected chi connectivity index (χ0v) is 12.5. The second-order valence-corrected chi connectivity index (χ2v) is 6.34. The van der Waals surface area contributed by atoms with Gasteiger partial charge in [0, 0.05) is 35.3 Å². The van der Waals surface area contributed by atoms with Crippen molar-refractivity contribution in [1.29, 1.82) is 0 Å². The summed E-state index contributed by atoms with van der Waals surface area (Å²) in [6, 6.07) is 6.62. The van der Waals surface area contributed by atoms with E-state index in [0.717, 1.165) is 19.6 Å². The lowest BCUT2D eigenvalue weighted by Gasteiger charge is -2.25. The van der Waals surface area contributed by atoms with Gasteiger partial charge in [0.15, 0.2) is 0 Å². The van der Waals surface area contributed by atoms with E-state index in [2.05, 4.69) is 65.1 Å². The summed E-state index contributed by atoms with van der Waals surface area (Å²) in [5, 5.41) is 3.60. The Morgan fingerprint density at radius 3 is 2.76 bits per heavy atom. The molecule has 0 atom stereocenters. The molecule has 0 radical (unpaired) electrons. The lowest BCUT2D eigenvalue weighted by Crippen LogP contribution is -2.39. The molecule has 94 valence electrons. The Morgan fingerprint density at radius 2 is 2.06 bits per heavy atom. The van der Waals surface area contributed by atoms with Gasteiger partial charge in [-0.25, -0.2) is 0 Å². The van der Waals surface area contributed by atoms with E-state index >= 15 is 0 Å².